The normalized spacial score (nSPS) is 13.6. The quantitative estimate of drug-likeness (QED) is 0.132. The molecule has 0 spiro atoms. The van der Waals surface area contributed by atoms with Crippen LogP contribution in [0.1, 0.15) is 77.8 Å². The maximum atomic E-state index is 12.9. The number of hydrogen-bond donors (Lipinski definition) is 1. The molecule has 1 N–H and O–H groups in total. The Balaban J connectivity index is 2.32. The van der Waals surface area contributed by atoms with Crippen LogP contribution < -0.4 is 10.1 Å². The molecule has 0 aliphatic carbocycles. The van der Waals surface area contributed by atoms with E-state index in [1.807, 2.05) is 31.2 Å². The second-order valence-corrected chi connectivity index (χ2v) is 14.9. The standard InChI is InChI=1S/C31H47ClNO8PS/c1-10-16-31(20-40-42(35,37-8)38-9,33-29(34)41-30(4,5)6)17-15-23-11-13-25(19-26(23)32)43-28-18-24(22(2)3)12-14-27(28)39-21-36-7/h11-14,18-19,22H,10,15-17,20-21H2,1-9H3,(H,33,34)/t31-/m0/s1. The van der Waals surface area contributed by atoms with Crippen molar-refractivity contribution in [3.8, 4) is 5.75 Å². The van der Waals surface area contributed by atoms with Crippen LogP contribution in [0.4, 0.5) is 4.79 Å². The molecule has 0 radical (unpaired) electrons. The Morgan fingerprint density at radius 2 is 1.74 bits per heavy atom. The molecule has 0 fully saturated rings. The first kappa shape index (κ1) is 37.4. The second kappa shape index (κ2) is 17.1. The van der Waals surface area contributed by atoms with Crippen molar-refractivity contribution in [2.24, 2.45) is 0 Å². The summed E-state index contributed by atoms with van der Waals surface area (Å²) >= 11 is 8.36. The van der Waals surface area contributed by atoms with Crippen LogP contribution in [0.25, 0.3) is 0 Å². The smallest absolute Gasteiger partial charge is 0.466 e. The molecule has 0 aliphatic heterocycles. The number of aryl methyl sites for hydroxylation is 1. The van der Waals surface area contributed by atoms with E-state index in [0.717, 1.165) is 27.5 Å². The van der Waals surface area contributed by atoms with Gasteiger partial charge in [0.1, 0.15) is 11.4 Å². The zero-order valence-electron chi connectivity index (χ0n) is 26.8. The fourth-order valence-corrected chi connectivity index (χ4v) is 6.41. The third-order valence-corrected chi connectivity index (χ3v) is 9.25. The number of amides is 1. The van der Waals surface area contributed by atoms with Crippen molar-refractivity contribution in [2.75, 3.05) is 34.7 Å². The van der Waals surface area contributed by atoms with Crippen molar-refractivity contribution in [1.82, 2.24) is 5.32 Å². The van der Waals surface area contributed by atoms with E-state index in [4.69, 9.17) is 39.4 Å². The molecule has 0 aromatic heterocycles. The van der Waals surface area contributed by atoms with Gasteiger partial charge in [0.05, 0.1) is 17.0 Å². The van der Waals surface area contributed by atoms with E-state index in [9.17, 15) is 9.36 Å². The minimum atomic E-state index is -3.79. The molecule has 0 heterocycles. The van der Waals surface area contributed by atoms with E-state index in [0.29, 0.717) is 30.2 Å². The number of halogens is 1. The molecule has 2 aromatic carbocycles. The Morgan fingerprint density at radius 1 is 1.05 bits per heavy atom. The summed E-state index contributed by atoms with van der Waals surface area (Å²) in [6, 6.07) is 12.1. The Morgan fingerprint density at radius 3 is 2.30 bits per heavy atom. The topological polar surface area (TPSA) is 102 Å². The molecule has 43 heavy (non-hydrogen) atoms. The zero-order chi connectivity index (χ0) is 32.3. The lowest BCUT2D eigenvalue weighted by Crippen LogP contribution is -2.53. The highest BCUT2D eigenvalue weighted by Crippen LogP contribution is 2.48. The number of hydrogen-bond acceptors (Lipinski definition) is 9. The maximum Gasteiger partial charge on any atom is 0.474 e. The van der Waals surface area contributed by atoms with E-state index in [1.54, 1.807) is 39.6 Å². The van der Waals surface area contributed by atoms with Gasteiger partial charge in [0.2, 0.25) is 0 Å². The number of carbonyl (C=O) groups excluding carboxylic acids is 1. The highest BCUT2D eigenvalue weighted by atomic mass is 35.5. The average Bonchev–Trinajstić information content (AvgIpc) is 2.93. The molecule has 1 atom stereocenters. The van der Waals surface area contributed by atoms with Crippen LogP contribution in [0, 0.1) is 0 Å². The van der Waals surface area contributed by atoms with Gasteiger partial charge >= 0.3 is 13.9 Å². The fourth-order valence-electron chi connectivity index (χ4n) is 4.31. The van der Waals surface area contributed by atoms with Gasteiger partial charge in [-0.25, -0.2) is 9.36 Å². The minimum Gasteiger partial charge on any atom is -0.466 e. The van der Waals surface area contributed by atoms with Crippen molar-refractivity contribution in [3.63, 3.8) is 0 Å². The lowest BCUT2D eigenvalue weighted by molar-refractivity contribution is 0.0351. The largest absolute Gasteiger partial charge is 0.474 e. The molecule has 9 nitrogen and oxygen atoms in total. The fraction of sp³-hybridized carbons (Fsp3) is 0.581. The third kappa shape index (κ3) is 12.3. The summed E-state index contributed by atoms with van der Waals surface area (Å²) in [6.45, 7) is 11.7. The summed E-state index contributed by atoms with van der Waals surface area (Å²) in [4.78, 5) is 14.8. The number of rotatable bonds is 17. The predicted molar refractivity (Wildman–Crippen MR) is 172 cm³/mol. The second-order valence-electron chi connectivity index (χ2n) is 11.5. The minimum absolute atomic E-state index is 0.110. The van der Waals surface area contributed by atoms with Gasteiger partial charge in [0, 0.05) is 31.2 Å². The molecular formula is C31H47ClNO8PS. The van der Waals surface area contributed by atoms with Gasteiger partial charge in [-0.2, -0.15) is 0 Å². The molecule has 0 saturated heterocycles. The Hall–Kier alpha value is -1.78. The summed E-state index contributed by atoms with van der Waals surface area (Å²) < 4.78 is 44.7. The first-order valence-corrected chi connectivity index (χ1v) is 16.9. The van der Waals surface area contributed by atoms with Crippen molar-refractivity contribution >= 4 is 37.3 Å². The summed E-state index contributed by atoms with van der Waals surface area (Å²) in [5.74, 6) is 1.10. The number of methoxy groups -OCH3 is 1. The summed E-state index contributed by atoms with van der Waals surface area (Å²) in [6.07, 6.45) is 1.60. The van der Waals surface area contributed by atoms with E-state index >= 15 is 0 Å². The van der Waals surface area contributed by atoms with Crippen molar-refractivity contribution in [2.45, 2.75) is 94.1 Å². The lowest BCUT2D eigenvalue weighted by atomic mass is 9.87. The summed E-state index contributed by atoms with van der Waals surface area (Å²) in [7, 11) is 0.294. The maximum absolute atomic E-state index is 12.9. The van der Waals surface area contributed by atoms with Crippen molar-refractivity contribution in [1.29, 1.82) is 0 Å². The molecule has 1 amide bonds. The van der Waals surface area contributed by atoms with Gasteiger partial charge in [-0.3, -0.25) is 13.6 Å². The molecule has 0 aliphatic rings. The van der Waals surface area contributed by atoms with Gasteiger partial charge in [0.25, 0.3) is 0 Å². The molecule has 2 aromatic rings. The molecule has 2 rings (SSSR count). The van der Waals surface area contributed by atoms with Crippen LogP contribution in [0.15, 0.2) is 46.2 Å². The lowest BCUT2D eigenvalue weighted by Gasteiger charge is -2.36. The van der Waals surface area contributed by atoms with E-state index in [1.165, 1.54) is 19.8 Å². The van der Waals surface area contributed by atoms with E-state index in [2.05, 4.69) is 31.3 Å². The van der Waals surface area contributed by atoms with Gasteiger partial charge < -0.3 is 19.5 Å². The van der Waals surface area contributed by atoms with E-state index in [-0.39, 0.29) is 13.4 Å². The van der Waals surface area contributed by atoms with Crippen LogP contribution in [0.3, 0.4) is 0 Å². The number of phosphoric acid groups is 1. The van der Waals surface area contributed by atoms with Gasteiger partial charge in [-0.15, -0.1) is 0 Å². The van der Waals surface area contributed by atoms with Crippen LogP contribution in [0.5, 0.6) is 5.75 Å². The first-order valence-electron chi connectivity index (χ1n) is 14.3. The molecule has 242 valence electrons. The van der Waals surface area contributed by atoms with Crippen LogP contribution in [0.2, 0.25) is 5.02 Å². The highest BCUT2D eigenvalue weighted by Gasteiger charge is 2.37. The van der Waals surface area contributed by atoms with Crippen LogP contribution in [-0.2, 0) is 34.0 Å². The number of ether oxygens (including phenoxy) is 3. The van der Waals surface area contributed by atoms with Crippen molar-refractivity contribution < 1.29 is 37.1 Å². The van der Waals surface area contributed by atoms with E-state index < -0.39 is 25.1 Å². The van der Waals surface area contributed by atoms with Gasteiger partial charge in [-0.05, 0) is 81.3 Å². The SMILES string of the molecule is CCC[C@](CCc1ccc(Sc2cc(C(C)C)ccc2OCOC)cc1Cl)(COP(=O)(OC)OC)NC(=O)OC(C)(C)C. The summed E-state index contributed by atoms with van der Waals surface area (Å²) in [5.41, 5.74) is 0.474. The first-order chi connectivity index (χ1) is 20.2. The van der Waals surface area contributed by atoms with Crippen LogP contribution in [-0.4, -0.2) is 52.0 Å². The predicted octanol–water partition coefficient (Wildman–Crippen LogP) is 9.01. The Kier molecular flexibility index (Phi) is 14.8. The number of carbonyl (C=O) groups is 1. The number of nitrogens with one attached hydrogen (secondary N) is 1. The highest BCUT2D eigenvalue weighted by molar-refractivity contribution is 7.99. The zero-order valence-corrected chi connectivity index (χ0v) is 29.3. The van der Waals surface area contributed by atoms with Gasteiger partial charge in [0.15, 0.2) is 6.79 Å². The number of alkyl carbamates (subject to hydrolysis) is 1. The summed E-state index contributed by atoms with van der Waals surface area (Å²) in [5, 5.41) is 3.58. The molecule has 0 unspecified atom stereocenters. The Bertz CT molecular complexity index is 1230. The molecule has 0 saturated carbocycles. The average molecular weight is 660 g/mol. The molecule has 0 bridgehead atoms. The monoisotopic (exact) mass is 659 g/mol. The van der Waals surface area contributed by atoms with Gasteiger partial charge in [-0.1, -0.05) is 62.7 Å². The molecular weight excluding hydrogens is 613 g/mol. The third-order valence-electron chi connectivity index (χ3n) is 6.53. The number of phosphoric ester groups is 1. The van der Waals surface area contributed by atoms with Crippen molar-refractivity contribution in [3.05, 3.63) is 52.5 Å². The molecule has 12 heteroatoms. The van der Waals surface area contributed by atoms with Crippen LogP contribution >= 0.6 is 31.2 Å². The number of benzene rings is 2. The Labute approximate surface area is 266 Å².